The number of hydrogen-bond donors (Lipinski definition) is 3. The van der Waals surface area contributed by atoms with Crippen molar-refractivity contribution in [1.82, 2.24) is 0 Å². The lowest BCUT2D eigenvalue weighted by Crippen LogP contribution is -2.21. The molecule has 0 spiro atoms. The summed E-state index contributed by atoms with van der Waals surface area (Å²) in [5.41, 5.74) is 10.1. The van der Waals surface area contributed by atoms with E-state index in [1.54, 1.807) is 19.1 Å². The minimum atomic E-state index is -4.18. The van der Waals surface area contributed by atoms with Crippen molar-refractivity contribution in [2.24, 2.45) is 10.7 Å². The van der Waals surface area contributed by atoms with Gasteiger partial charge in [-0.2, -0.15) is 0 Å². The van der Waals surface area contributed by atoms with Crippen LogP contribution in [0.2, 0.25) is 0 Å². The highest BCUT2D eigenvalue weighted by Crippen LogP contribution is 2.39. The van der Waals surface area contributed by atoms with Gasteiger partial charge in [-0.25, -0.2) is 4.57 Å². The van der Waals surface area contributed by atoms with Crippen molar-refractivity contribution < 1.29 is 23.3 Å². The molecule has 0 bridgehead atoms. The van der Waals surface area contributed by atoms with Crippen molar-refractivity contribution in [2.45, 2.75) is 68.2 Å². The second kappa shape index (κ2) is 26.0. The molecular formula is C36H58N3O5P. The molecule has 0 aromatic heterocycles. The van der Waals surface area contributed by atoms with Crippen LogP contribution in [0.25, 0.3) is 27.9 Å². The molecule has 2 aliphatic rings. The van der Waals surface area contributed by atoms with E-state index in [9.17, 15) is 4.57 Å². The van der Waals surface area contributed by atoms with Crippen LogP contribution in [0.3, 0.4) is 0 Å². The highest BCUT2D eigenvalue weighted by Gasteiger charge is 2.18. The number of nitrogens with zero attached hydrogens (tertiary/aromatic N) is 2. The maximum Gasteiger partial charge on any atom is 0.469 e. The third kappa shape index (κ3) is 16.6. The van der Waals surface area contributed by atoms with Crippen LogP contribution in [-0.2, 0) is 9.09 Å². The molecule has 1 aromatic rings. The lowest BCUT2D eigenvalue weighted by Gasteiger charge is -2.22. The molecule has 8 nitrogen and oxygen atoms in total. The van der Waals surface area contributed by atoms with Crippen LogP contribution in [0.1, 0.15) is 73.8 Å². The summed E-state index contributed by atoms with van der Waals surface area (Å²) in [6.07, 6.45) is 11.6. The molecular weight excluding hydrogens is 585 g/mol. The van der Waals surface area contributed by atoms with E-state index in [0.29, 0.717) is 6.42 Å². The van der Waals surface area contributed by atoms with Gasteiger partial charge in [0.25, 0.3) is 0 Å². The maximum absolute atomic E-state index is 9.86. The van der Waals surface area contributed by atoms with Gasteiger partial charge in [-0.15, -0.1) is 0 Å². The summed E-state index contributed by atoms with van der Waals surface area (Å²) in [5.74, 6) is 0.873. The molecule has 0 unspecified atom stereocenters. The summed E-state index contributed by atoms with van der Waals surface area (Å²) < 4.78 is 20.3. The number of rotatable bonds is 10. The fourth-order valence-electron chi connectivity index (χ4n) is 3.96. The molecule has 0 radical (unpaired) electrons. The molecule has 3 rings (SSSR count). The minimum absolute atomic E-state index is 0.115. The first-order valence-electron chi connectivity index (χ1n) is 15.6. The Morgan fingerprint density at radius 2 is 1.60 bits per heavy atom. The Morgan fingerprint density at radius 3 is 2.02 bits per heavy atom. The minimum Gasteiger partial charge on any atom is -0.456 e. The standard InChI is InChI=1S/C25H30N2O.C4H6.C3H9O4P.C3H8.CH5N/c1-6-11-18(7-2)25-21-14-12-19(26-8-3)16-23(21)28-24-17-20(13-15-22(24)25)27(9-4)10-5;1-3-4-2;1-2-3-7-8(4,5)6;1-3-2;1-2/h6-7,11-17H,8-10H2,1-5H3;3-4H,1-2H2;2-3H2,1H3,(H2,4,5,6);3H2,1-2H3;2H2,1H3/b11-6+,18-7+,26-19?;;;;. The van der Waals surface area contributed by atoms with E-state index in [1.807, 2.05) is 6.92 Å². The van der Waals surface area contributed by atoms with Crippen molar-refractivity contribution in [2.75, 3.05) is 38.2 Å². The SMILES string of the molecule is C/C=C/C(=C\C)c1c2ccc(=NCC)cc-2oc2cc(N(CC)CC)ccc12.C=CC=C.CCC.CCCOP(=O)(O)O.CN. The molecule has 45 heavy (non-hydrogen) atoms. The van der Waals surface area contributed by atoms with E-state index in [1.165, 1.54) is 30.3 Å². The fourth-order valence-corrected chi connectivity index (χ4v) is 4.38. The molecule has 4 N–H and O–H groups in total. The molecule has 1 aliphatic carbocycles. The molecule has 0 atom stereocenters. The van der Waals surface area contributed by atoms with Crippen molar-refractivity contribution in [3.8, 4) is 11.3 Å². The molecule has 0 fully saturated rings. The summed E-state index contributed by atoms with van der Waals surface area (Å²) in [6.45, 7) is 26.1. The van der Waals surface area contributed by atoms with Crippen LogP contribution in [0, 0.1) is 0 Å². The maximum atomic E-state index is 9.86. The van der Waals surface area contributed by atoms with E-state index in [-0.39, 0.29) is 6.61 Å². The zero-order valence-electron chi connectivity index (χ0n) is 29.0. The number of fused-ring (bicyclic) bond motifs is 2. The van der Waals surface area contributed by atoms with Gasteiger partial charge < -0.3 is 24.8 Å². The lowest BCUT2D eigenvalue weighted by molar-refractivity contribution is 0.197. The van der Waals surface area contributed by atoms with E-state index in [4.69, 9.17) is 14.2 Å². The molecule has 0 saturated carbocycles. The Labute approximate surface area is 272 Å². The molecule has 1 heterocycles. The van der Waals surface area contributed by atoms with Gasteiger partial charge in [0.1, 0.15) is 11.3 Å². The number of nitrogens with two attached hydrogens (primary N) is 1. The van der Waals surface area contributed by atoms with Gasteiger partial charge in [0.2, 0.25) is 0 Å². The predicted molar refractivity (Wildman–Crippen MR) is 196 cm³/mol. The predicted octanol–water partition coefficient (Wildman–Crippen LogP) is 9.14. The Balaban J connectivity index is 0. The second-order valence-corrected chi connectivity index (χ2v) is 10.5. The zero-order chi connectivity index (χ0) is 34.8. The average molecular weight is 644 g/mol. The Kier molecular flexibility index (Phi) is 25.4. The lowest BCUT2D eigenvalue weighted by atomic mass is 9.93. The summed E-state index contributed by atoms with van der Waals surface area (Å²) in [4.78, 5) is 23.0. The van der Waals surface area contributed by atoms with Gasteiger partial charge in [0.15, 0.2) is 0 Å². The van der Waals surface area contributed by atoms with Gasteiger partial charge in [-0.3, -0.25) is 9.52 Å². The van der Waals surface area contributed by atoms with E-state index in [2.05, 4.69) is 129 Å². The third-order valence-electron chi connectivity index (χ3n) is 5.73. The van der Waals surface area contributed by atoms with Crippen LogP contribution < -0.4 is 16.0 Å². The number of phosphoric ester groups is 1. The first-order valence-corrected chi connectivity index (χ1v) is 17.1. The van der Waals surface area contributed by atoms with Crippen molar-refractivity contribution in [3.63, 3.8) is 0 Å². The summed E-state index contributed by atoms with van der Waals surface area (Å²) >= 11 is 0. The first kappa shape index (κ1) is 43.9. The van der Waals surface area contributed by atoms with Crippen molar-refractivity contribution in [3.05, 3.63) is 90.9 Å². The number of hydrogen-bond acceptors (Lipinski definition) is 6. The van der Waals surface area contributed by atoms with Gasteiger partial charge in [-0.05, 0) is 77.9 Å². The number of phosphoric acid groups is 1. The molecule has 1 aromatic carbocycles. The smallest absolute Gasteiger partial charge is 0.456 e. The first-order chi connectivity index (χ1) is 21.5. The number of allylic oxidation sites excluding steroid dienone is 6. The Hall–Kier alpha value is -3.26. The summed E-state index contributed by atoms with van der Waals surface area (Å²) in [5, 5.41) is 2.09. The molecule has 0 amide bonds. The zero-order valence-corrected chi connectivity index (χ0v) is 29.9. The largest absolute Gasteiger partial charge is 0.469 e. The summed E-state index contributed by atoms with van der Waals surface area (Å²) in [6, 6.07) is 12.8. The second-order valence-electron chi connectivity index (χ2n) is 9.23. The Bertz CT molecular complexity index is 1380. The van der Waals surface area contributed by atoms with Crippen molar-refractivity contribution in [1.29, 1.82) is 0 Å². The van der Waals surface area contributed by atoms with Crippen LogP contribution in [-0.4, -0.2) is 43.1 Å². The topological polar surface area (TPSA) is 122 Å². The molecule has 0 saturated heterocycles. The quantitative estimate of drug-likeness (QED) is 0.114. The van der Waals surface area contributed by atoms with Gasteiger partial charge >= 0.3 is 7.82 Å². The molecule has 1 aliphatic heterocycles. The molecule has 252 valence electrons. The van der Waals surface area contributed by atoms with Crippen LogP contribution in [0.15, 0.2) is 89.3 Å². The molecule has 9 heteroatoms. The number of benzene rings is 2. The summed E-state index contributed by atoms with van der Waals surface area (Å²) in [7, 11) is -2.68. The van der Waals surface area contributed by atoms with Crippen molar-refractivity contribution >= 4 is 30.1 Å². The van der Waals surface area contributed by atoms with Gasteiger partial charge in [0, 0.05) is 54.0 Å². The van der Waals surface area contributed by atoms with E-state index < -0.39 is 7.82 Å². The highest BCUT2D eigenvalue weighted by atomic mass is 31.2. The van der Waals surface area contributed by atoms with Gasteiger partial charge in [0.05, 0.1) is 12.0 Å². The normalized spacial score (nSPS) is 11.3. The number of anilines is 1. The van der Waals surface area contributed by atoms with Crippen LogP contribution in [0.5, 0.6) is 0 Å². The van der Waals surface area contributed by atoms with E-state index >= 15 is 0 Å². The van der Waals surface area contributed by atoms with E-state index in [0.717, 1.165) is 47.3 Å². The van der Waals surface area contributed by atoms with Crippen LogP contribution >= 0.6 is 7.82 Å². The van der Waals surface area contributed by atoms with Crippen LogP contribution in [0.4, 0.5) is 5.69 Å². The van der Waals surface area contributed by atoms with Gasteiger partial charge in [-0.1, -0.05) is 70.7 Å². The third-order valence-corrected chi connectivity index (χ3v) is 6.25. The monoisotopic (exact) mass is 643 g/mol. The fraction of sp³-hybridized carbons (Fsp3) is 0.417. The average Bonchev–Trinajstić information content (AvgIpc) is 3.03. The highest BCUT2D eigenvalue weighted by molar-refractivity contribution is 7.46. The Morgan fingerprint density at radius 1 is 1.00 bits per heavy atom.